The fourth-order valence-corrected chi connectivity index (χ4v) is 3.25. The first-order valence-electron chi connectivity index (χ1n) is 6.96. The van der Waals surface area contributed by atoms with E-state index < -0.39 is 0 Å². The van der Waals surface area contributed by atoms with Gasteiger partial charge in [-0.2, -0.15) is 0 Å². The predicted octanol–water partition coefficient (Wildman–Crippen LogP) is 4.41. The summed E-state index contributed by atoms with van der Waals surface area (Å²) in [4.78, 5) is 16.2. The van der Waals surface area contributed by atoms with E-state index in [4.69, 9.17) is 11.6 Å². The van der Waals surface area contributed by atoms with Crippen LogP contribution in [0.5, 0.6) is 0 Å². The average Bonchev–Trinajstić information content (AvgIpc) is 3.05. The number of halogens is 2. The van der Waals surface area contributed by atoms with Gasteiger partial charge in [-0.25, -0.2) is 9.67 Å². The minimum absolute atomic E-state index is 0.166. The maximum atomic E-state index is 12.0. The van der Waals surface area contributed by atoms with Crippen molar-refractivity contribution in [1.82, 2.24) is 14.8 Å². The summed E-state index contributed by atoms with van der Waals surface area (Å²) in [5.74, 6) is 0.0332. The number of aromatic nitrogens is 3. The summed E-state index contributed by atoms with van der Waals surface area (Å²) in [6.07, 6.45) is 1.63. The molecule has 5 nitrogen and oxygen atoms in total. The van der Waals surface area contributed by atoms with Crippen molar-refractivity contribution in [2.45, 2.75) is 5.16 Å². The van der Waals surface area contributed by atoms with Gasteiger partial charge in [0.25, 0.3) is 0 Å². The molecule has 0 aliphatic rings. The molecule has 24 heavy (non-hydrogen) atoms. The number of hydrogen-bond acceptors (Lipinski definition) is 4. The molecule has 0 radical (unpaired) electrons. The Morgan fingerprint density at radius 1 is 1.25 bits per heavy atom. The van der Waals surface area contributed by atoms with Gasteiger partial charge in [-0.05, 0) is 30.3 Å². The number of nitrogens with zero attached hydrogens (tertiary/aromatic N) is 3. The van der Waals surface area contributed by atoms with Gasteiger partial charge >= 0.3 is 0 Å². The minimum atomic E-state index is -0.166. The second-order valence-electron chi connectivity index (χ2n) is 4.77. The second kappa shape index (κ2) is 7.83. The molecule has 0 unspecified atom stereocenters. The van der Waals surface area contributed by atoms with Gasteiger partial charge in [-0.15, -0.1) is 5.10 Å². The lowest BCUT2D eigenvalue weighted by molar-refractivity contribution is -0.113. The highest BCUT2D eigenvalue weighted by Crippen LogP contribution is 2.26. The first-order chi connectivity index (χ1) is 11.6. The summed E-state index contributed by atoms with van der Waals surface area (Å²) < 4.78 is 2.53. The molecule has 0 bridgehead atoms. The van der Waals surface area contributed by atoms with Crippen molar-refractivity contribution < 1.29 is 4.79 Å². The van der Waals surface area contributed by atoms with E-state index in [0.29, 0.717) is 15.9 Å². The predicted molar refractivity (Wildman–Crippen MR) is 99.9 cm³/mol. The van der Waals surface area contributed by atoms with Crippen LogP contribution in [0.25, 0.3) is 5.69 Å². The van der Waals surface area contributed by atoms with Crippen molar-refractivity contribution in [2.75, 3.05) is 11.1 Å². The zero-order valence-corrected chi connectivity index (χ0v) is 15.5. The third-order valence-electron chi connectivity index (χ3n) is 3.03. The Morgan fingerprint density at radius 3 is 2.79 bits per heavy atom. The molecule has 0 fully saturated rings. The van der Waals surface area contributed by atoms with Crippen LogP contribution in [0.2, 0.25) is 5.02 Å². The van der Waals surface area contributed by atoms with Gasteiger partial charge in [-0.1, -0.05) is 57.5 Å². The molecule has 3 rings (SSSR count). The Hall–Kier alpha value is -1.83. The van der Waals surface area contributed by atoms with Gasteiger partial charge in [0.05, 0.1) is 22.2 Å². The topological polar surface area (TPSA) is 59.8 Å². The van der Waals surface area contributed by atoms with Crippen molar-refractivity contribution in [3.63, 3.8) is 0 Å². The molecule has 0 saturated carbocycles. The SMILES string of the molecule is O=C(CSc1ncn(-c2ccccc2)n1)Nc1ccc(Br)cc1Cl. The third-order valence-corrected chi connectivity index (χ3v) is 4.69. The van der Waals surface area contributed by atoms with Crippen LogP contribution >= 0.6 is 39.3 Å². The van der Waals surface area contributed by atoms with Gasteiger partial charge in [-0.3, -0.25) is 4.79 Å². The van der Waals surface area contributed by atoms with Crippen LogP contribution in [-0.2, 0) is 4.79 Å². The fourth-order valence-electron chi connectivity index (χ4n) is 1.93. The number of carbonyl (C=O) groups excluding carboxylic acids is 1. The molecule has 0 aliphatic heterocycles. The molecule has 0 aliphatic carbocycles. The first kappa shape index (κ1) is 17.0. The number of benzene rings is 2. The largest absolute Gasteiger partial charge is 0.324 e. The summed E-state index contributed by atoms with van der Waals surface area (Å²) in [6, 6.07) is 15.0. The third kappa shape index (κ3) is 4.37. The van der Waals surface area contributed by atoms with Gasteiger partial charge in [0, 0.05) is 4.47 Å². The normalized spacial score (nSPS) is 10.6. The second-order valence-corrected chi connectivity index (χ2v) is 7.03. The summed E-state index contributed by atoms with van der Waals surface area (Å²) in [7, 11) is 0. The van der Waals surface area contributed by atoms with Gasteiger partial charge in [0.15, 0.2) is 0 Å². The van der Waals surface area contributed by atoms with E-state index in [-0.39, 0.29) is 11.7 Å². The van der Waals surface area contributed by atoms with Crippen molar-refractivity contribution in [2.24, 2.45) is 0 Å². The Balaban J connectivity index is 1.58. The molecule has 3 aromatic rings. The highest BCUT2D eigenvalue weighted by atomic mass is 79.9. The lowest BCUT2D eigenvalue weighted by Gasteiger charge is -2.06. The Morgan fingerprint density at radius 2 is 2.04 bits per heavy atom. The van der Waals surface area contributed by atoms with Crippen LogP contribution in [0.15, 0.2) is 64.5 Å². The maximum Gasteiger partial charge on any atom is 0.234 e. The van der Waals surface area contributed by atoms with E-state index in [9.17, 15) is 4.79 Å². The summed E-state index contributed by atoms with van der Waals surface area (Å²) in [6.45, 7) is 0. The number of anilines is 1. The van der Waals surface area contributed by atoms with E-state index in [0.717, 1.165) is 10.2 Å². The highest BCUT2D eigenvalue weighted by Gasteiger charge is 2.09. The van der Waals surface area contributed by atoms with Crippen molar-refractivity contribution in [3.8, 4) is 5.69 Å². The van der Waals surface area contributed by atoms with Crippen LogP contribution < -0.4 is 5.32 Å². The van der Waals surface area contributed by atoms with Crippen LogP contribution in [0.4, 0.5) is 5.69 Å². The Labute approximate surface area is 156 Å². The van der Waals surface area contributed by atoms with E-state index in [1.54, 1.807) is 23.1 Å². The Kier molecular flexibility index (Phi) is 5.55. The van der Waals surface area contributed by atoms with Crippen molar-refractivity contribution >= 4 is 50.9 Å². The van der Waals surface area contributed by atoms with Gasteiger partial charge in [0.2, 0.25) is 11.1 Å². The number of nitrogens with one attached hydrogen (secondary N) is 1. The standard InChI is InChI=1S/C16H12BrClN4OS/c17-11-6-7-14(13(18)8-11)20-15(23)9-24-16-19-10-22(21-16)12-4-2-1-3-5-12/h1-8,10H,9H2,(H,20,23). The molecular formula is C16H12BrClN4OS. The number of carbonyl (C=O) groups is 1. The molecule has 1 heterocycles. The zero-order chi connectivity index (χ0) is 16.9. The van der Waals surface area contributed by atoms with Crippen LogP contribution in [0.1, 0.15) is 0 Å². The Bertz CT molecular complexity index is 856. The molecule has 8 heteroatoms. The smallest absolute Gasteiger partial charge is 0.234 e. The van der Waals surface area contributed by atoms with Gasteiger partial charge < -0.3 is 5.32 Å². The molecule has 0 spiro atoms. The van der Waals surface area contributed by atoms with Gasteiger partial charge in [0.1, 0.15) is 6.33 Å². The van der Waals surface area contributed by atoms with E-state index in [1.165, 1.54) is 11.8 Å². The van der Waals surface area contributed by atoms with E-state index in [1.807, 2.05) is 36.4 Å². The lowest BCUT2D eigenvalue weighted by atomic mass is 10.3. The van der Waals surface area contributed by atoms with Crippen molar-refractivity contribution in [1.29, 1.82) is 0 Å². The van der Waals surface area contributed by atoms with E-state index >= 15 is 0 Å². The highest BCUT2D eigenvalue weighted by molar-refractivity contribution is 9.10. The molecule has 122 valence electrons. The van der Waals surface area contributed by atoms with Crippen LogP contribution in [-0.4, -0.2) is 26.4 Å². The molecular weight excluding hydrogens is 412 g/mol. The fraction of sp³-hybridized carbons (Fsp3) is 0.0625. The molecule has 1 N–H and O–H groups in total. The maximum absolute atomic E-state index is 12.0. The zero-order valence-electron chi connectivity index (χ0n) is 12.3. The molecule has 2 aromatic carbocycles. The molecule has 0 saturated heterocycles. The number of rotatable bonds is 5. The quantitative estimate of drug-likeness (QED) is 0.617. The van der Waals surface area contributed by atoms with Crippen LogP contribution in [0.3, 0.4) is 0 Å². The number of thioether (sulfide) groups is 1. The number of amides is 1. The lowest BCUT2D eigenvalue weighted by Crippen LogP contribution is -2.14. The van der Waals surface area contributed by atoms with Crippen LogP contribution in [0, 0.1) is 0 Å². The monoisotopic (exact) mass is 422 g/mol. The summed E-state index contributed by atoms with van der Waals surface area (Å²) >= 11 is 10.7. The minimum Gasteiger partial charge on any atom is -0.324 e. The molecule has 0 atom stereocenters. The summed E-state index contributed by atoms with van der Waals surface area (Å²) in [5.41, 5.74) is 1.50. The molecule has 1 amide bonds. The summed E-state index contributed by atoms with van der Waals surface area (Å²) in [5, 5.41) is 8.13. The average molecular weight is 424 g/mol. The molecule has 1 aromatic heterocycles. The number of hydrogen-bond donors (Lipinski definition) is 1. The van der Waals surface area contributed by atoms with E-state index in [2.05, 4.69) is 31.3 Å². The first-order valence-corrected chi connectivity index (χ1v) is 9.12. The number of para-hydroxylation sites is 1. The van der Waals surface area contributed by atoms with Crippen molar-refractivity contribution in [3.05, 3.63) is 64.4 Å².